The minimum atomic E-state index is 0.665. The highest BCUT2D eigenvalue weighted by atomic mass is 35.5. The third-order valence-corrected chi connectivity index (χ3v) is 6.02. The predicted molar refractivity (Wildman–Crippen MR) is 118 cm³/mol. The van der Waals surface area contributed by atoms with Gasteiger partial charge in [0.1, 0.15) is 16.6 Å². The molecule has 0 aliphatic carbocycles. The van der Waals surface area contributed by atoms with Crippen LogP contribution in [-0.4, -0.2) is 53.5 Å². The quantitative estimate of drug-likeness (QED) is 0.294. The Hall–Kier alpha value is -1.86. The number of fused-ring (bicyclic) bond motifs is 1. The molecule has 4 rings (SSSR count). The Bertz CT molecular complexity index is 933. The number of rotatable bonds is 8. The van der Waals surface area contributed by atoms with Crippen LogP contribution in [0.1, 0.15) is 12.2 Å². The monoisotopic (exact) mass is 429 g/mol. The van der Waals surface area contributed by atoms with E-state index in [4.69, 9.17) is 31.0 Å². The zero-order valence-corrected chi connectivity index (χ0v) is 17.8. The van der Waals surface area contributed by atoms with Crippen LogP contribution < -0.4 is 4.74 Å². The lowest BCUT2D eigenvalue weighted by Crippen LogP contribution is -2.36. The second-order valence-electron chi connectivity index (χ2n) is 6.86. The summed E-state index contributed by atoms with van der Waals surface area (Å²) in [4.78, 5) is 12.0. The molecule has 3 aromatic rings. The highest BCUT2D eigenvalue weighted by Crippen LogP contribution is 2.26. The zero-order valence-electron chi connectivity index (χ0n) is 16.2. The van der Waals surface area contributed by atoms with E-state index in [0.29, 0.717) is 6.61 Å². The molecule has 0 radical (unpaired) electrons. The first-order valence-corrected chi connectivity index (χ1v) is 11.2. The normalized spacial score (nSPS) is 14.9. The molecule has 1 saturated heterocycles. The fourth-order valence-electron chi connectivity index (χ4n) is 3.18. The van der Waals surface area contributed by atoms with Crippen molar-refractivity contribution in [1.29, 1.82) is 0 Å². The summed E-state index contributed by atoms with van der Waals surface area (Å²) in [5.41, 5.74) is 1.01. The molecule has 0 N–H and O–H groups in total. The number of thioether (sulfide) groups is 1. The lowest BCUT2D eigenvalue weighted by molar-refractivity contribution is 0.0330. The van der Waals surface area contributed by atoms with E-state index in [-0.39, 0.29) is 0 Å². The van der Waals surface area contributed by atoms with Gasteiger partial charge in [-0.15, -0.1) is 11.8 Å². The second-order valence-corrected chi connectivity index (χ2v) is 8.38. The Morgan fingerprint density at radius 1 is 1.03 bits per heavy atom. The van der Waals surface area contributed by atoms with E-state index in [1.165, 1.54) is 0 Å². The van der Waals surface area contributed by atoms with Gasteiger partial charge in [-0.1, -0.05) is 29.8 Å². The summed E-state index contributed by atoms with van der Waals surface area (Å²) < 4.78 is 11.2. The van der Waals surface area contributed by atoms with Crippen molar-refractivity contribution in [3.05, 3.63) is 59.4 Å². The van der Waals surface area contributed by atoms with E-state index in [0.717, 1.165) is 77.5 Å². The molecule has 1 aliphatic heterocycles. The number of morpholine rings is 1. The second kappa shape index (κ2) is 10.3. The highest BCUT2D eigenvalue weighted by Gasteiger charge is 2.14. The van der Waals surface area contributed by atoms with E-state index in [1.807, 2.05) is 36.4 Å². The number of hydrogen-bond acceptors (Lipinski definition) is 6. The molecule has 5 nitrogen and oxygen atoms in total. The van der Waals surface area contributed by atoms with E-state index in [1.54, 1.807) is 11.8 Å². The summed E-state index contributed by atoms with van der Waals surface area (Å²) >= 11 is 7.67. The summed E-state index contributed by atoms with van der Waals surface area (Å²) in [5.74, 6) is 2.66. The zero-order chi connectivity index (χ0) is 19.9. The van der Waals surface area contributed by atoms with Gasteiger partial charge >= 0.3 is 0 Å². The van der Waals surface area contributed by atoms with Crippen LogP contribution in [0.3, 0.4) is 0 Å². The minimum Gasteiger partial charge on any atom is -0.494 e. The highest BCUT2D eigenvalue weighted by molar-refractivity contribution is 7.99. The number of ether oxygens (including phenoxy) is 2. The average molecular weight is 430 g/mol. The van der Waals surface area contributed by atoms with Crippen molar-refractivity contribution in [2.75, 3.05) is 38.7 Å². The molecule has 29 heavy (non-hydrogen) atoms. The topological polar surface area (TPSA) is 47.5 Å². The molecule has 0 bridgehead atoms. The van der Waals surface area contributed by atoms with Gasteiger partial charge in [0.15, 0.2) is 0 Å². The van der Waals surface area contributed by atoms with Gasteiger partial charge in [0.05, 0.1) is 31.9 Å². The molecule has 2 heterocycles. The number of nitrogens with zero attached hydrogens (tertiary/aromatic N) is 3. The summed E-state index contributed by atoms with van der Waals surface area (Å²) in [6, 6.07) is 15.7. The summed E-state index contributed by atoms with van der Waals surface area (Å²) in [6.45, 7) is 4.85. The van der Waals surface area contributed by atoms with Crippen molar-refractivity contribution in [3.63, 3.8) is 0 Å². The van der Waals surface area contributed by atoms with Crippen molar-refractivity contribution in [3.8, 4) is 5.75 Å². The molecule has 0 spiro atoms. The Morgan fingerprint density at radius 3 is 2.66 bits per heavy atom. The SMILES string of the molecule is Clc1ccc(OCCCSc2nc(CN3CCOCC3)nc3ccccc23)cc1. The van der Waals surface area contributed by atoms with Crippen LogP contribution in [0, 0.1) is 0 Å². The lowest BCUT2D eigenvalue weighted by atomic mass is 10.2. The maximum Gasteiger partial charge on any atom is 0.144 e. The molecule has 0 atom stereocenters. The van der Waals surface area contributed by atoms with Crippen molar-refractivity contribution >= 4 is 34.3 Å². The number of halogens is 1. The van der Waals surface area contributed by atoms with Gasteiger partial charge in [-0.2, -0.15) is 0 Å². The number of para-hydroxylation sites is 1. The molecule has 0 saturated carbocycles. The lowest BCUT2D eigenvalue weighted by Gasteiger charge is -2.25. The van der Waals surface area contributed by atoms with Crippen LogP contribution in [0.5, 0.6) is 5.75 Å². The summed E-state index contributed by atoms with van der Waals surface area (Å²) in [5, 5.41) is 2.88. The molecule has 1 fully saturated rings. The van der Waals surface area contributed by atoms with Gasteiger partial charge in [-0.3, -0.25) is 4.90 Å². The first-order valence-electron chi connectivity index (χ1n) is 9.85. The minimum absolute atomic E-state index is 0.665. The maximum absolute atomic E-state index is 5.91. The van der Waals surface area contributed by atoms with Gasteiger partial charge in [0.2, 0.25) is 0 Å². The summed E-state index contributed by atoms with van der Waals surface area (Å²) in [7, 11) is 0. The fourth-order valence-corrected chi connectivity index (χ4v) is 4.26. The predicted octanol–water partition coefficient (Wildman–Crippen LogP) is 4.68. The standard InChI is InChI=1S/C22H24ClN3O2S/c23-17-6-8-18(9-7-17)28-12-3-15-29-22-19-4-1-2-5-20(19)24-21(25-22)16-26-10-13-27-14-11-26/h1-2,4-9H,3,10-16H2. The van der Waals surface area contributed by atoms with E-state index in [9.17, 15) is 0 Å². The van der Waals surface area contributed by atoms with Crippen LogP contribution in [0.15, 0.2) is 53.6 Å². The van der Waals surface area contributed by atoms with Crippen molar-refractivity contribution in [1.82, 2.24) is 14.9 Å². The van der Waals surface area contributed by atoms with E-state index < -0.39 is 0 Å². The smallest absolute Gasteiger partial charge is 0.144 e. The van der Waals surface area contributed by atoms with Gasteiger partial charge in [0.25, 0.3) is 0 Å². The Labute approximate surface area is 180 Å². The molecule has 0 amide bonds. The van der Waals surface area contributed by atoms with Gasteiger partial charge in [-0.25, -0.2) is 9.97 Å². The number of aromatic nitrogens is 2. The van der Waals surface area contributed by atoms with Gasteiger partial charge < -0.3 is 9.47 Å². The van der Waals surface area contributed by atoms with Crippen LogP contribution in [0.2, 0.25) is 5.02 Å². The molecular formula is C22H24ClN3O2S. The molecule has 0 unspecified atom stereocenters. The summed E-state index contributed by atoms with van der Waals surface area (Å²) in [6.07, 6.45) is 0.935. The van der Waals surface area contributed by atoms with Gasteiger partial charge in [0, 0.05) is 29.3 Å². The van der Waals surface area contributed by atoms with Crippen molar-refractivity contribution < 1.29 is 9.47 Å². The maximum atomic E-state index is 5.91. The van der Waals surface area contributed by atoms with E-state index in [2.05, 4.69) is 17.0 Å². The van der Waals surface area contributed by atoms with Crippen LogP contribution in [0.4, 0.5) is 0 Å². The van der Waals surface area contributed by atoms with Crippen LogP contribution >= 0.6 is 23.4 Å². The molecular weight excluding hydrogens is 406 g/mol. The fraction of sp³-hybridized carbons (Fsp3) is 0.364. The largest absolute Gasteiger partial charge is 0.494 e. The number of hydrogen-bond donors (Lipinski definition) is 0. The van der Waals surface area contributed by atoms with Crippen molar-refractivity contribution in [2.45, 2.75) is 18.0 Å². The third-order valence-electron chi connectivity index (χ3n) is 4.69. The molecule has 1 aromatic heterocycles. The average Bonchev–Trinajstić information content (AvgIpc) is 2.75. The molecule has 7 heteroatoms. The Kier molecular flexibility index (Phi) is 7.22. The Balaban J connectivity index is 1.36. The molecule has 152 valence electrons. The van der Waals surface area contributed by atoms with Crippen molar-refractivity contribution in [2.24, 2.45) is 0 Å². The first kappa shape index (κ1) is 20.4. The number of benzene rings is 2. The first-order chi connectivity index (χ1) is 14.3. The molecule has 2 aromatic carbocycles. The van der Waals surface area contributed by atoms with Crippen LogP contribution in [-0.2, 0) is 11.3 Å². The van der Waals surface area contributed by atoms with Crippen LogP contribution in [0.25, 0.3) is 10.9 Å². The third kappa shape index (κ3) is 5.82. The van der Waals surface area contributed by atoms with Gasteiger partial charge in [-0.05, 0) is 36.8 Å². The van der Waals surface area contributed by atoms with E-state index >= 15 is 0 Å². The molecule has 1 aliphatic rings. The Morgan fingerprint density at radius 2 is 1.83 bits per heavy atom.